The minimum Gasteiger partial charge on any atom is -0.299 e. The quantitative estimate of drug-likeness (QED) is 0.693. The lowest BCUT2D eigenvalue weighted by atomic mass is 9.73. The van der Waals surface area contributed by atoms with E-state index in [1.807, 2.05) is 6.92 Å². The Hall–Kier alpha value is -1.06. The van der Waals surface area contributed by atoms with Crippen LogP contribution < -0.4 is 0 Å². The third-order valence-corrected chi connectivity index (χ3v) is 4.02. The number of ketones is 1. The number of halogens is 3. The number of rotatable bonds is 1. The van der Waals surface area contributed by atoms with Crippen LogP contribution in [-0.4, -0.2) is 12.0 Å². The van der Waals surface area contributed by atoms with Gasteiger partial charge in [-0.2, -0.15) is 13.2 Å². The van der Waals surface area contributed by atoms with Gasteiger partial charge < -0.3 is 0 Å². The van der Waals surface area contributed by atoms with Crippen molar-refractivity contribution in [1.29, 1.82) is 0 Å². The molecule has 0 aromatic rings. The van der Waals surface area contributed by atoms with E-state index in [-0.39, 0.29) is 23.5 Å². The average Bonchev–Trinajstić information content (AvgIpc) is 2.32. The fourth-order valence-corrected chi connectivity index (χ4v) is 2.78. The summed E-state index contributed by atoms with van der Waals surface area (Å²) < 4.78 is 37.9. The molecular formula is C14H17F3O. The highest BCUT2D eigenvalue weighted by Gasteiger charge is 2.36. The van der Waals surface area contributed by atoms with E-state index >= 15 is 0 Å². The summed E-state index contributed by atoms with van der Waals surface area (Å²) in [5, 5.41) is 0. The summed E-state index contributed by atoms with van der Waals surface area (Å²) >= 11 is 0. The van der Waals surface area contributed by atoms with E-state index in [1.165, 1.54) is 6.08 Å². The molecule has 0 bridgehead atoms. The van der Waals surface area contributed by atoms with Gasteiger partial charge in [0, 0.05) is 12.3 Å². The summed E-state index contributed by atoms with van der Waals surface area (Å²) in [4.78, 5) is 11.7. The molecule has 2 aliphatic rings. The van der Waals surface area contributed by atoms with Crippen molar-refractivity contribution in [2.75, 3.05) is 0 Å². The van der Waals surface area contributed by atoms with Gasteiger partial charge in [-0.05, 0) is 31.1 Å². The van der Waals surface area contributed by atoms with Crippen molar-refractivity contribution < 1.29 is 18.0 Å². The SMILES string of the molecule is CC1CCC(C2C=C(C(F)(F)F)C=CC2)CC1=O. The Balaban J connectivity index is 2.09. The maximum atomic E-state index is 12.6. The predicted molar refractivity (Wildman–Crippen MR) is 62.9 cm³/mol. The number of alkyl halides is 3. The number of carbonyl (C=O) groups is 1. The van der Waals surface area contributed by atoms with Gasteiger partial charge in [0.1, 0.15) is 5.78 Å². The van der Waals surface area contributed by atoms with Crippen LogP contribution in [-0.2, 0) is 4.79 Å². The maximum absolute atomic E-state index is 12.6. The normalized spacial score (nSPS) is 33.4. The zero-order valence-electron chi connectivity index (χ0n) is 10.3. The lowest BCUT2D eigenvalue weighted by molar-refractivity contribution is -0.125. The van der Waals surface area contributed by atoms with E-state index in [2.05, 4.69) is 0 Å². The van der Waals surface area contributed by atoms with Crippen molar-refractivity contribution in [1.82, 2.24) is 0 Å². The number of allylic oxidation sites excluding steroid dienone is 4. The molecule has 3 atom stereocenters. The van der Waals surface area contributed by atoms with E-state index in [4.69, 9.17) is 0 Å². The summed E-state index contributed by atoms with van der Waals surface area (Å²) in [5.74, 6) is 0.216. The Kier molecular flexibility index (Phi) is 3.64. The standard InChI is InChI=1S/C14H17F3O/c1-9-5-6-11(8-13(9)18)10-3-2-4-12(7-10)14(15,16)17/h2,4,7,9-11H,3,5-6,8H2,1H3. The molecule has 100 valence electrons. The number of hydrogen-bond donors (Lipinski definition) is 0. The molecule has 0 amide bonds. The van der Waals surface area contributed by atoms with Crippen LogP contribution in [0.25, 0.3) is 0 Å². The van der Waals surface area contributed by atoms with Crippen molar-refractivity contribution in [2.24, 2.45) is 17.8 Å². The number of hydrogen-bond acceptors (Lipinski definition) is 1. The Morgan fingerprint density at radius 1 is 1.28 bits per heavy atom. The third kappa shape index (κ3) is 2.85. The first-order chi connectivity index (χ1) is 8.38. The van der Waals surface area contributed by atoms with Gasteiger partial charge in [-0.25, -0.2) is 0 Å². The molecule has 4 heteroatoms. The molecule has 2 rings (SSSR count). The predicted octanol–water partition coefficient (Wildman–Crippen LogP) is 4.06. The fourth-order valence-electron chi connectivity index (χ4n) is 2.78. The Bertz CT molecular complexity index is 392. The average molecular weight is 258 g/mol. The van der Waals surface area contributed by atoms with Crippen molar-refractivity contribution in [2.45, 2.75) is 38.8 Å². The highest BCUT2D eigenvalue weighted by molar-refractivity contribution is 5.81. The van der Waals surface area contributed by atoms with Crippen LogP contribution in [0.1, 0.15) is 32.6 Å². The number of Topliss-reactive ketones (excluding diaryl/α,β-unsaturated/α-hetero) is 1. The second kappa shape index (κ2) is 4.90. The monoisotopic (exact) mass is 258 g/mol. The smallest absolute Gasteiger partial charge is 0.299 e. The van der Waals surface area contributed by atoms with Gasteiger partial charge in [-0.3, -0.25) is 4.79 Å². The van der Waals surface area contributed by atoms with Crippen molar-refractivity contribution >= 4 is 5.78 Å². The summed E-state index contributed by atoms with van der Waals surface area (Å²) in [5.41, 5.74) is -0.565. The molecule has 18 heavy (non-hydrogen) atoms. The van der Waals surface area contributed by atoms with E-state index in [0.717, 1.165) is 18.9 Å². The summed E-state index contributed by atoms with van der Waals surface area (Å²) in [6.07, 6.45) is 2.47. The van der Waals surface area contributed by atoms with Gasteiger partial charge in [-0.15, -0.1) is 0 Å². The zero-order chi connectivity index (χ0) is 13.3. The van der Waals surface area contributed by atoms with Crippen LogP contribution in [0.5, 0.6) is 0 Å². The molecule has 1 nitrogen and oxygen atoms in total. The van der Waals surface area contributed by atoms with Gasteiger partial charge in [0.25, 0.3) is 0 Å². The highest BCUT2D eigenvalue weighted by atomic mass is 19.4. The van der Waals surface area contributed by atoms with Crippen LogP contribution >= 0.6 is 0 Å². The van der Waals surface area contributed by atoms with Gasteiger partial charge in [0.05, 0.1) is 5.57 Å². The van der Waals surface area contributed by atoms with Crippen LogP contribution in [0.2, 0.25) is 0 Å². The molecule has 1 fully saturated rings. The fraction of sp³-hybridized carbons (Fsp3) is 0.643. The van der Waals surface area contributed by atoms with Crippen molar-refractivity contribution in [3.8, 4) is 0 Å². The Labute approximate surface area is 105 Å². The molecule has 0 heterocycles. The lowest BCUT2D eigenvalue weighted by Gasteiger charge is -2.31. The molecule has 0 aliphatic heterocycles. The highest BCUT2D eigenvalue weighted by Crippen LogP contribution is 2.38. The Morgan fingerprint density at radius 3 is 2.61 bits per heavy atom. The van der Waals surface area contributed by atoms with Gasteiger partial charge in [-0.1, -0.05) is 25.2 Å². The van der Waals surface area contributed by atoms with Gasteiger partial charge >= 0.3 is 6.18 Å². The molecule has 0 aromatic heterocycles. The zero-order valence-corrected chi connectivity index (χ0v) is 10.3. The second-order valence-corrected chi connectivity index (χ2v) is 5.33. The van der Waals surface area contributed by atoms with E-state index in [0.29, 0.717) is 12.8 Å². The molecule has 3 unspecified atom stereocenters. The first kappa shape index (κ1) is 13.4. The minimum absolute atomic E-state index is 0.0754. The molecule has 2 aliphatic carbocycles. The molecule has 0 radical (unpaired) electrons. The first-order valence-corrected chi connectivity index (χ1v) is 6.36. The minimum atomic E-state index is -4.28. The number of carbonyl (C=O) groups excluding carboxylic acids is 1. The summed E-state index contributed by atoms with van der Waals surface area (Å²) in [6.45, 7) is 1.90. The summed E-state index contributed by atoms with van der Waals surface area (Å²) in [7, 11) is 0. The van der Waals surface area contributed by atoms with E-state index in [1.54, 1.807) is 6.08 Å². The summed E-state index contributed by atoms with van der Waals surface area (Å²) in [6, 6.07) is 0. The van der Waals surface area contributed by atoms with Gasteiger partial charge in [0.15, 0.2) is 0 Å². The molecule has 0 aromatic carbocycles. The largest absolute Gasteiger partial charge is 0.416 e. The van der Waals surface area contributed by atoms with Crippen molar-refractivity contribution in [3.63, 3.8) is 0 Å². The van der Waals surface area contributed by atoms with Crippen molar-refractivity contribution in [3.05, 3.63) is 23.8 Å². The van der Waals surface area contributed by atoms with Gasteiger partial charge in [0.2, 0.25) is 0 Å². The van der Waals surface area contributed by atoms with Crippen LogP contribution in [0.3, 0.4) is 0 Å². The topological polar surface area (TPSA) is 17.1 Å². The van der Waals surface area contributed by atoms with E-state index < -0.39 is 11.7 Å². The first-order valence-electron chi connectivity index (χ1n) is 6.36. The lowest BCUT2D eigenvalue weighted by Crippen LogP contribution is -2.28. The maximum Gasteiger partial charge on any atom is 0.416 e. The molecule has 1 saturated carbocycles. The Morgan fingerprint density at radius 2 is 2.00 bits per heavy atom. The second-order valence-electron chi connectivity index (χ2n) is 5.33. The molecule has 0 N–H and O–H groups in total. The molecular weight excluding hydrogens is 241 g/mol. The van der Waals surface area contributed by atoms with E-state index in [9.17, 15) is 18.0 Å². The van der Waals surface area contributed by atoms with Crippen LogP contribution in [0.15, 0.2) is 23.8 Å². The van der Waals surface area contributed by atoms with Crippen LogP contribution in [0.4, 0.5) is 13.2 Å². The van der Waals surface area contributed by atoms with Crippen LogP contribution in [0, 0.1) is 17.8 Å². The molecule has 0 saturated heterocycles. The third-order valence-electron chi connectivity index (χ3n) is 4.02. The molecule has 0 spiro atoms.